The molecule has 7 nitrogen and oxygen atoms in total. The second kappa shape index (κ2) is 5.94. The summed E-state index contributed by atoms with van der Waals surface area (Å²) in [5.74, 6) is -1.05. The van der Waals surface area contributed by atoms with Gasteiger partial charge in [-0.15, -0.1) is 0 Å². The Bertz CT molecular complexity index is 502. The van der Waals surface area contributed by atoms with Gasteiger partial charge < -0.3 is 15.7 Å². The third kappa shape index (κ3) is 4.25. The zero-order valence-electron chi connectivity index (χ0n) is 12.5. The lowest BCUT2D eigenvalue weighted by atomic mass is 9.87. The number of aromatic nitrogens is 2. The Kier molecular flexibility index (Phi) is 4.75. The number of rotatable bonds is 4. The Morgan fingerprint density at radius 2 is 2.05 bits per heavy atom. The van der Waals surface area contributed by atoms with Crippen LogP contribution in [0.15, 0.2) is 6.20 Å². The molecule has 112 valence electrons. The molecule has 1 aromatic heterocycles. The number of aliphatic carboxylic acids is 1. The first-order valence-electron chi connectivity index (χ1n) is 6.37. The van der Waals surface area contributed by atoms with Gasteiger partial charge in [0.2, 0.25) is 0 Å². The molecule has 0 aliphatic rings. The molecule has 20 heavy (non-hydrogen) atoms. The summed E-state index contributed by atoms with van der Waals surface area (Å²) in [4.78, 5) is 22.9. The van der Waals surface area contributed by atoms with Gasteiger partial charge in [0.05, 0.1) is 5.69 Å². The van der Waals surface area contributed by atoms with Gasteiger partial charge in [0, 0.05) is 25.4 Å². The van der Waals surface area contributed by atoms with Crippen LogP contribution in [0.25, 0.3) is 0 Å². The molecule has 1 atom stereocenters. The third-order valence-electron chi connectivity index (χ3n) is 2.94. The highest BCUT2D eigenvalue weighted by molar-refractivity contribution is 5.83. The van der Waals surface area contributed by atoms with Crippen LogP contribution in [0, 0.1) is 12.3 Å². The number of aryl methyl sites for hydroxylation is 2. The second-order valence-electron chi connectivity index (χ2n) is 5.88. The predicted molar refractivity (Wildman–Crippen MR) is 74.2 cm³/mol. The molecule has 0 spiro atoms. The summed E-state index contributed by atoms with van der Waals surface area (Å²) in [6.45, 7) is 7.44. The van der Waals surface area contributed by atoms with Crippen molar-refractivity contribution in [3.8, 4) is 0 Å². The zero-order chi connectivity index (χ0) is 15.5. The van der Waals surface area contributed by atoms with Crippen LogP contribution in [0.2, 0.25) is 0 Å². The van der Waals surface area contributed by atoms with E-state index in [0.29, 0.717) is 6.54 Å². The monoisotopic (exact) mass is 282 g/mol. The van der Waals surface area contributed by atoms with E-state index in [-0.39, 0.29) is 0 Å². The van der Waals surface area contributed by atoms with Crippen molar-refractivity contribution in [3.63, 3.8) is 0 Å². The van der Waals surface area contributed by atoms with Crippen molar-refractivity contribution in [1.29, 1.82) is 0 Å². The molecule has 2 amide bonds. The quantitative estimate of drug-likeness (QED) is 0.768. The second-order valence-corrected chi connectivity index (χ2v) is 5.88. The van der Waals surface area contributed by atoms with Gasteiger partial charge in [-0.1, -0.05) is 20.8 Å². The first kappa shape index (κ1) is 16.0. The molecular weight excluding hydrogens is 260 g/mol. The number of nitrogens with zero attached hydrogens (tertiary/aromatic N) is 2. The summed E-state index contributed by atoms with van der Waals surface area (Å²) >= 11 is 0. The first-order chi connectivity index (χ1) is 9.11. The molecule has 1 heterocycles. The van der Waals surface area contributed by atoms with Crippen LogP contribution in [-0.2, 0) is 18.4 Å². The fourth-order valence-corrected chi connectivity index (χ4v) is 1.83. The van der Waals surface area contributed by atoms with E-state index in [1.165, 1.54) is 0 Å². The first-order valence-corrected chi connectivity index (χ1v) is 6.37. The lowest BCUT2D eigenvalue weighted by molar-refractivity contribution is -0.141. The minimum absolute atomic E-state index is 0.308. The summed E-state index contributed by atoms with van der Waals surface area (Å²) in [6.07, 6.45) is 1.81. The van der Waals surface area contributed by atoms with E-state index in [4.69, 9.17) is 5.11 Å². The number of carboxylic acid groups (broad SMARTS) is 1. The lowest BCUT2D eigenvalue weighted by Crippen LogP contribution is -2.52. The van der Waals surface area contributed by atoms with E-state index in [9.17, 15) is 9.59 Å². The van der Waals surface area contributed by atoms with Crippen LogP contribution in [-0.4, -0.2) is 32.9 Å². The summed E-state index contributed by atoms with van der Waals surface area (Å²) in [5, 5.41) is 18.4. The number of hydrogen-bond donors (Lipinski definition) is 3. The Labute approximate surface area is 118 Å². The van der Waals surface area contributed by atoms with Crippen molar-refractivity contribution in [2.75, 3.05) is 0 Å². The Balaban J connectivity index is 2.59. The van der Waals surface area contributed by atoms with Gasteiger partial charge >= 0.3 is 12.0 Å². The van der Waals surface area contributed by atoms with Crippen LogP contribution in [0.1, 0.15) is 32.0 Å². The fraction of sp³-hybridized carbons (Fsp3) is 0.615. The predicted octanol–water partition coefficient (Wildman–Crippen LogP) is 1.03. The van der Waals surface area contributed by atoms with Crippen molar-refractivity contribution in [3.05, 3.63) is 17.5 Å². The number of hydrogen-bond acceptors (Lipinski definition) is 3. The van der Waals surface area contributed by atoms with Crippen LogP contribution in [0.5, 0.6) is 0 Å². The largest absolute Gasteiger partial charge is 0.480 e. The molecule has 1 rings (SSSR count). The number of urea groups is 1. The van der Waals surface area contributed by atoms with Gasteiger partial charge in [-0.25, -0.2) is 9.59 Å². The molecule has 0 aromatic carbocycles. The van der Waals surface area contributed by atoms with Gasteiger partial charge in [0.25, 0.3) is 0 Å². The van der Waals surface area contributed by atoms with E-state index in [1.807, 2.05) is 13.1 Å². The molecule has 0 saturated carbocycles. The molecule has 0 fully saturated rings. The van der Waals surface area contributed by atoms with E-state index in [2.05, 4.69) is 15.7 Å². The average Bonchev–Trinajstić information content (AvgIpc) is 2.60. The van der Waals surface area contributed by atoms with Crippen LogP contribution in [0.4, 0.5) is 4.79 Å². The van der Waals surface area contributed by atoms with Gasteiger partial charge in [-0.05, 0) is 12.3 Å². The van der Waals surface area contributed by atoms with Crippen LogP contribution < -0.4 is 10.6 Å². The molecule has 0 aliphatic carbocycles. The number of carbonyl (C=O) groups excluding carboxylic acids is 1. The molecule has 0 bridgehead atoms. The van der Waals surface area contributed by atoms with Crippen molar-refractivity contribution < 1.29 is 14.7 Å². The zero-order valence-corrected chi connectivity index (χ0v) is 12.5. The molecule has 1 unspecified atom stereocenters. The van der Waals surface area contributed by atoms with E-state index in [1.54, 1.807) is 32.5 Å². The van der Waals surface area contributed by atoms with Gasteiger partial charge in [0.1, 0.15) is 6.04 Å². The molecular formula is C13H22N4O3. The van der Waals surface area contributed by atoms with E-state index in [0.717, 1.165) is 11.3 Å². The topological polar surface area (TPSA) is 96.3 Å². The highest BCUT2D eigenvalue weighted by atomic mass is 16.4. The maximum Gasteiger partial charge on any atom is 0.326 e. The Morgan fingerprint density at radius 1 is 1.45 bits per heavy atom. The fourth-order valence-electron chi connectivity index (χ4n) is 1.83. The summed E-state index contributed by atoms with van der Waals surface area (Å²) < 4.78 is 1.67. The number of nitrogens with one attached hydrogen (secondary N) is 2. The third-order valence-corrected chi connectivity index (χ3v) is 2.94. The van der Waals surface area contributed by atoms with E-state index >= 15 is 0 Å². The average molecular weight is 282 g/mol. The van der Waals surface area contributed by atoms with Crippen LogP contribution >= 0.6 is 0 Å². The van der Waals surface area contributed by atoms with Crippen molar-refractivity contribution >= 4 is 12.0 Å². The van der Waals surface area contributed by atoms with Gasteiger partial charge in [-0.2, -0.15) is 5.10 Å². The Hall–Kier alpha value is -2.05. The maximum absolute atomic E-state index is 11.8. The standard InChI is InChI=1S/C13H22N4O3/c1-8-9(7-17(5)16-8)6-14-12(20)15-10(11(18)19)13(2,3)4/h7,10H,6H2,1-5H3,(H,18,19)(H2,14,15,20). The smallest absolute Gasteiger partial charge is 0.326 e. The van der Waals surface area contributed by atoms with Crippen molar-refractivity contribution in [2.45, 2.75) is 40.3 Å². The Morgan fingerprint density at radius 3 is 2.45 bits per heavy atom. The SMILES string of the molecule is Cc1nn(C)cc1CNC(=O)NC(C(=O)O)C(C)(C)C. The van der Waals surface area contributed by atoms with Gasteiger partial charge in [-0.3, -0.25) is 4.68 Å². The minimum Gasteiger partial charge on any atom is -0.480 e. The lowest BCUT2D eigenvalue weighted by Gasteiger charge is -2.27. The molecule has 7 heteroatoms. The summed E-state index contributed by atoms with van der Waals surface area (Å²) in [5.41, 5.74) is 1.16. The van der Waals surface area contributed by atoms with Crippen molar-refractivity contribution in [2.24, 2.45) is 12.5 Å². The maximum atomic E-state index is 11.8. The normalized spacial score (nSPS) is 12.8. The van der Waals surface area contributed by atoms with Crippen LogP contribution in [0.3, 0.4) is 0 Å². The number of carbonyl (C=O) groups is 2. The summed E-state index contributed by atoms with van der Waals surface area (Å²) in [6, 6.07) is -1.45. The minimum atomic E-state index is -1.05. The molecule has 0 radical (unpaired) electrons. The van der Waals surface area contributed by atoms with Gasteiger partial charge in [0.15, 0.2) is 0 Å². The highest BCUT2D eigenvalue weighted by Crippen LogP contribution is 2.19. The van der Waals surface area contributed by atoms with Crippen molar-refractivity contribution in [1.82, 2.24) is 20.4 Å². The number of amides is 2. The highest BCUT2D eigenvalue weighted by Gasteiger charge is 2.32. The summed E-state index contributed by atoms with van der Waals surface area (Å²) in [7, 11) is 1.80. The van der Waals surface area contributed by atoms with E-state index < -0.39 is 23.5 Å². The molecule has 0 saturated heterocycles. The molecule has 1 aromatic rings. The number of carboxylic acids is 1. The molecule has 0 aliphatic heterocycles. The molecule has 3 N–H and O–H groups in total.